The van der Waals surface area contributed by atoms with Gasteiger partial charge in [-0.1, -0.05) is 60.1 Å². The molecule has 42 heavy (non-hydrogen) atoms. The molecule has 2 saturated heterocycles. The number of fused-ring (bicyclic) bond motifs is 2. The summed E-state index contributed by atoms with van der Waals surface area (Å²) in [7, 11) is 2.07. The van der Waals surface area contributed by atoms with Crippen molar-refractivity contribution in [1.29, 1.82) is 0 Å². The molecule has 4 aromatic rings. The van der Waals surface area contributed by atoms with Crippen LogP contribution in [0.2, 0.25) is 10.0 Å². The first-order valence-electron chi connectivity index (χ1n) is 14.1. The van der Waals surface area contributed by atoms with E-state index in [9.17, 15) is 4.79 Å². The largest absolute Gasteiger partial charge is 0.462 e. The minimum Gasteiger partial charge on any atom is -0.462 e. The molecule has 3 aromatic carbocycles. The van der Waals surface area contributed by atoms with Crippen molar-refractivity contribution in [3.63, 3.8) is 0 Å². The molecular weight excluding hydrogens is 576 g/mol. The molecule has 218 valence electrons. The number of likely N-dealkylation sites (tertiary alicyclic amines) is 1. The molecular formula is C32H32Cl2FN5O2. The Bertz CT molecular complexity index is 1690. The van der Waals surface area contributed by atoms with Gasteiger partial charge in [-0.3, -0.25) is 4.79 Å². The summed E-state index contributed by atoms with van der Waals surface area (Å²) in [6.45, 7) is 8.48. The summed E-state index contributed by atoms with van der Waals surface area (Å²) in [5.74, 6) is -0.160. The molecule has 0 radical (unpaired) electrons. The minimum absolute atomic E-state index is 0.104. The first-order chi connectivity index (χ1) is 20.3. The molecule has 7 nitrogen and oxygen atoms in total. The fourth-order valence-electron chi connectivity index (χ4n) is 6.16. The van der Waals surface area contributed by atoms with Gasteiger partial charge in [0.1, 0.15) is 17.9 Å². The average Bonchev–Trinajstić information content (AvgIpc) is 3.40. The Kier molecular flexibility index (Phi) is 7.96. The third kappa shape index (κ3) is 5.16. The molecule has 0 unspecified atom stereocenters. The molecule has 0 N–H and O–H groups in total. The zero-order valence-electron chi connectivity index (χ0n) is 23.6. The van der Waals surface area contributed by atoms with Gasteiger partial charge in [0.05, 0.1) is 5.02 Å². The van der Waals surface area contributed by atoms with Gasteiger partial charge in [-0.25, -0.2) is 4.39 Å². The predicted molar refractivity (Wildman–Crippen MR) is 167 cm³/mol. The monoisotopic (exact) mass is 607 g/mol. The molecule has 0 spiro atoms. The number of amides is 1. The van der Waals surface area contributed by atoms with Gasteiger partial charge in [-0.05, 0) is 62.5 Å². The van der Waals surface area contributed by atoms with Crippen LogP contribution in [0.3, 0.4) is 0 Å². The van der Waals surface area contributed by atoms with Crippen molar-refractivity contribution in [1.82, 2.24) is 19.8 Å². The number of carbonyl (C=O) groups excluding carboxylic acids is 1. The molecule has 3 heterocycles. The van der Waals surface area contributed by atoms with Gasteiger partial charge in [0.15, 0.2) is 5.82 Å². The SMILES string of the molecule is C=CC(=O)N1CCN(c2nc(OC[C@@H]3CCCN3C)nc3c(F)c(-c4cccc5cccc(Cl)c45)c(Cl)cc23)[C@@H](C)C1. The number of hydrogen-bond acceptors (Lipinski definition) is 6. The van der Waals surface area contributed by atoms with E-state index in [1.807, 2.05) is 37.3 Å². The summed E-state index contributed by atoms with van der Waals surface area (Å²) in [4.78, 5) is 27.8. The number of rotatable bonds is 6. The lowest BCUT2D eigenvalue weighted by Crippen LogP contribution is -2.53. The highest BCUT2D eigenvalue weighted by atomic mass is 35.5. The number of aromatic nitrogens is 2. The van der Waals surface area contributed by atoms with Crippen molar-refractivity contribution in [2.75, 3.05) is 44.7 Å². The van der Waals surface area contributed by atoms with Crippen LogP contribution < -0.4 is 9.64 Å². The highest BCUT2D eigenvalue weighted by Gasteiger charge is 2.31. The number of benzene rings is 3. The first kappa shape index (κ1) is 28.6. The molecule has 2 fully saturated rings. The van der Waals surface area contributed by atoms with E-state index in [1.165, 1.54) is 6.08 Å². The Labute approximate surface area is 254 Å². The first-order valence-corrected chi connectivity index (χ1v) is 14.9. The van der Waals surface area contributed by atoms with Crippen LogP contribution in [-0.4, -0.2) is 77.6 Å². The van der Waals surface area contributed by atoms with E-state index in [0.717, 1.165) is 24.8 Å². The van der Waals surface area contributed by atoms with Gasteiger partial charge >= 0.3 is 6.01 Å². The van der Waals surface area contributed by atoms with Crippen molar-refractivity contribution in [2.45, 2.75) is 31.8 Å². The quantitative estimate of drug-likeness (QED) is 0.230. The number of carbonyl (C=O) groups is 1. The lowest BCUT2D eigenvalue weighted by atomic mass is 9.96. The summed E-state index contributed by atoms with van der Waals surface area (Å²) in [6.07, 6.45) is 3.44. The van der Waals surface area contributed by atoms with Gasteiger partial charge < -0.3 is 19.4 Å². The van der Waals surface area contributed by atoms with E-state index in [2.05, 4.69) is 28.4 Å². The van der Waals surface area contributed by atoms with E-state index >= 15 is 4.39 Å². The molecule has 0 aliphatic carbocycles. The van der Waals surface area contributed by atoms with Crippen LogP contribution in [0.1, 0.15) is 19.8 Å². The molecule has 6 rings (SSSR count). The third-order valence-corrected chi connectivity index (χ3v) is 9.04. The topological polar surface area (TPSA) is 61.8 Å². The minimum atomic E-state index is -0.565. The normalized spacial score (nSPS) is 19.5. The van der Waals surface area contributed by atoms with Gasteiger partial charge in [-0.15, -0.1) is 0 Å². The molecule has 1 aromatic heterocycles. The standard InChI is InChI=1S/C32H32Cl2FN5O2/c1-4-26(41)39-14-15-40(19(2)17-39)31-23-16-25(34)28(22-11-5-8-20-9-6-12-24(33)27(20)22)29(35)30(23)36-32(37-31)42-18-21-10-7-13-38(21)3/h4-6,8-9,11-12,16,19,21H,1,7,10,13-15,17-18H2,2-3H3/t19-,21-/m0/s1. The second kappa shape index (κ2) is 11.7. The highest BCUT2D eigenvalue weighted by molar-refractivity contribution is 6.38. The maximum Gasteiger partial charge on any atom is 0.319 e. The number of halogens is 3. The Balaban J connectivity index is 1.50. The van der Waals surface area contributed by atoms with Crippen LogP contribution in [0.4, 0.5) is 10.2 Å². The number of nitrogens with zero attached hydrogens (tertiary/aromatic N) is 5. The molecule has 0 saturated carbocycles. The number of ether oxygens (including phenoxy) is 1. The fraction of sp³-hybridized carbons (Fsp3) is 0.344. The van der Waals surface area contributed by atoms with Crippen LogP contribution in [0, 0.1) is 5.82 Å². The molecule has 2 aliphatic rings. The second-order valence-corrected chi connectivity index (χ2v) is 11.8. The number of hydrogen-bond donors (Lipinski definition) is 0. The van der Waals surface area contributed by atoms with Crippen molar-refractivity contribution in [2.24, 2.45) is 0 Å². The lowest BCUT2D eigenvalue weighted by Gasteiger charge is -2.40. The predicted octanol–water partition coefficient (Wildman–Crippen LogP) is 6.59. The Morgan fingerprint density at radius 3 is 2.64 bits per heavy atom. The summed E-state index contributed by atoms with van der Waals surface area (Å²) < 4.78 is 22.9. The third-order valence-electron chi connectivity index (χ3n) is 8.43. The molecule has 2 atom stereocenters. The van der Waals surface area contributed by atoms with Gasteiger partial charge in [-0.2, -0.15) is 9.97 Å². The van der Waals surface area contributed by atoms with Crippen molar-refractivity contribution < 1.29 is 13.9 Å². The second-order valence-electron chi connectivity index (χ2n) is 11.0. The van der Waals surface area contributed by atoms with Crippen molar-refractivity contribution in [3.8, 4) is 17.1 Å². The van der Waals surface area contributed by atoms with Crippen LogP contribution in [0.25, 0.3) is 32.8 Å². The van der Waals surface area contributed by atoms with E-state index in [-0.39, 0.29) is 40.1 Å². The molecule has 1 amide bonds. The summed E-state index contributed by atoms with van der Waals surface area (Å²) in [6, 6.07) is 13.2. The smallest absolute Gasteiger partial charge is 0.319 e. The van der Waals surface area contributed by atoms with Crippen molar-refractivity contribution in [3.05, 3.63) is 71.0 Å². The van der Waals surface area contributed by atoms with E-state index in [0.29, 0.717) is 53.4 Å². The van der Waals surface area contributed by atoms with Crippen LogP contribution in [0.15, 0.2) is 55.1 Å². The average molecular weight is 609 g/mol. The number of piperazine rings is 1. The van der Waals surface area contributed by atoms with Crippen LogP contribution >= 0.6 is 23.2 Å². The Hall–Kier alpha value is -3.46. The molecule has 10 heteroatoms. The maximum absolute atomic E-state index is 16.8. The molecule has 2 aliphatic heterocycles. The van der Waals surface area contributed by atoms with Gasteiger partial charge in [0.2, 0.25) is 5.91 Å². The Morgan fingerprint density at radius 2 is 1.93 bits per heavy atom. The summed E-state index contributed by atoms with van der Waals surface area (Å²) in [5.41, 5.74) is 0.932. The number of likely N-dealkylation sites (N-methyl/N-ethyl adjacent to an activating group) is 1. The van der Waals surface area contributed by atoms with Gasteiger partial charge in [0, 0.05) is 53.1 Å². The zero-order chi connectivity index (χ0) is 29.5. The maximum atomic E-state index is 16.8. The van der Waals surface area contributed by atoms with Crippen LogP contribution in [-0.2, 0) is 4.79 Å². The van der Waals surface area contributed by atoms with Gasteiger partial charge in [0.25, 0.3) is 0 Å². The van der Waals surface area contributed by atoms with E-state index < -0.39 is 5.82 Å². The summed E-state index contributed by atoms with van der Waals surface area (Å²) in [5, 5.41) is 2.81. The lowest BCUT2D eigenvalue weighted by molar-refractivity contribution is -0.126. The Morgan fingerprint density at radius 1 is 1.14 bits per heavy atom. The fourth-order valence-corrected chi connectivity index (χ4v) is 6.73. The molecule has 0 bridgehead atoms. The van der Waals surface area contributed by atoms with E-state index in [1.54, 1.807) is 17.0 Å². The summed E-state index contributed by atoms with van der Waals surface area (Å²) >= 11 is 13.5. The zero-order valence-corrected chi connectivity index (χ0v) is 25.1. The van der Waals surface area contributed by atoms with Crippen LogP contribution in [0.5, 0.6) is 6.01 Å². The van der Waals surface area contributed by atoms with E-state index in [4.69, 9.17) is 32.9 Å². The van der Waals surface area contributed by atoms with Crippen molar-refractivity contribution >= 4 is 56.6 Å². The number of anilines is 1. The highest BCUT2D eigenvalue weighted by Crippen LogP contribution is 2.43.